The quantitative estimate of drug-likeness (QED) is 0.646. The van der Waals surface area contributed by atoms with Crippen LogP contribution in [-0.2, 0) is 0 Å². The summed E-state index contributed by atoms with van der Waals surface area (Å²) in [5, 5.41) is 37.0. The van der Waals surface area contributed by atoms with Crippen molar-refractivity contribution in [1.29, 1.82) is 0 Å². The van der Waals surface area contributed by atoms with Gasteiger partial charge in [-0.05, 0) is 24.3 Å². The smallest absolute Gasteiger partial charge is 0.164 e. The second-order valence-electron chi connectivity index (χ2n) is 4.63. The van der Waals surface area contributed by atoms with Gasteiger partial charge in [0, 0.05) is 17.8 Å². The maximum Gasteiger partial charge on any atom is 0.164 e. The second-order valence-corrected chi connectivity index (χ2v) is 4.63. The van der Waals surface area contributed by atoms with Gasteiger partial charge >= 0.3 is 0 Å². The molecule has 0 spiro atoms. The van der Waals surface area contributed by atoms with Crippen LogP contribution in [0.15, 0.2) is 54.9 Å². The van der Waals surface area contributed by atoms with Gasteiger partial charge in [-0.25, -0.2) is 0 Å². The lowest BCUT2D eigenvalue weighted by Gasteiger charge is -2.06. The molecular formula is C16H13N3O3. The zero-order chi connectivity index (χ0) is 15.5. The topological polar surface area (TPSA) is 91.4 Å². The van der Waals surface area contributed by atoms with Crippen molar-refractivity contribution < 1.29 is 15.3 Å². The second kappa shape index (κ2) is 5.61. The van der Waals surface area contributed by atoms with Gasteiger partial charge in [-0.15, -0.1) is 10.2 Å². The Morgan fingerprint density at radius 3 is 2.55 bits per heavy atom. The van der Waals surface area contributed by atoms with Crippen LogP contribution < -0.4 is 0 Å². The predicted octanol–water partition coefficient (Wildman–Crippen LogP) is 2.73. The standard InChI is InChI=1S/C16H13N3O3/c20-12-6-7-13(14(21)8-12)15(22)9-16-18-17-10-19(16)11-4-2-1-3-5-11/h1-10,20-22H. The molecule has 0 aliphatic rings. The van der Waals surface area contributed by atoms with Crippen LogP contribution in [-0.4, -0.2) is 30.1 Å². The number of aliphatic hydroxyl groups is 1. The van der Waals surface area contributed by atoms with Gasteiger partial charge in [0.2, 0.25) is 0 Å². The third-order valence-electron chi connectivity index (χ3n) is 3.13. The molecule has 3 rings (SSSR count). The molecule has 110 valence electrons. The number of aromatic nitrogens is 3. The normalized spacial score (nSPS) is 11.5. The molecule has 0 atom stereocenters. The molecule has 0 saturated heterocycles. The molecule has 0 fully saturated rings. The molecule has 1 aromatic heterocycles. The van der Waals surface area contributed by atoms with Crippen molar-refractivity contribution in [3.05, 3.63) is 66.2 Å². The van der Waals surface area contributed by atoms with E-state index in [1.807, 2.05) is 30.3 Å². The number of aliphatic hydroxyl groups excluding tert-OH is 1. The van der Waals surface area contributed by atoms with Crippen LogP contribution in [0.5, 0.6) is 11.5 Å². The third-order valence-corrected chi connectivity index (χ3v) is 3.13. The fraction of sp³-hybridized carbons (Fsp3) is 0. The van der Waals surface area contributed by atoms with E-state index in [0.717, 1.165) is 11.8 Å². The minimum Gasteiger partial charge on any atom is -0.508 e. The molecule has 22 heavy (non-hydrogen) atoms. The highest BCUT2D eigenvalue weighted by molar-refractivity contribution is 5.77. The van der Waals surface area contributed by atoms with Gasteiger partial charge < -0.3 is 15.3 Å². The maximum atomic E-state index is 10.2. The first-order valence-electron chi connectivity index (χ1n) is 6.53. The zero-order valence-electron chi connectivity index (χ0n) is 11.5. The van der Waals surface area contributed by atoms with Gasteiger partial charge in [-0.2, -0.15) is 0 Å². The fourth-order valence-electron chi connectivity index (χ4n) is 2.07. The molecule has 0 aliphatic carbocycles. The average Bonchev–Trinajstić information content (AvgIpc) is 2.96. The maximum absolute atomic E-state index is 10.2. The molecule has 0 bridgehead atoms. The van der Waals surface area contributed by atoms with E-state index in [1.54, 1.807) is 4.57 Å². The minimum atomic E-state index is -0.223. The molecule has 0 aliphatic heterocycles. The number of aromatic hydroxyl groups is 2. The summed E-state index contributed by atoms with van der Waals surface area (Å²) in [4.78, 5) is 0. The fourth-order valence-corrected chi connectivity index (χ4v) is 2.07. The van der Waals surface area contributed by atoms with E-state index in [2.05, 4.69) is 10.2 Å². The lowest BCUT2D eigenvalue weighted by atomic mass is 10.1. The van der Waals surface area contributed by atoms with Gasteiger partial charge in [0.15, 0.2) is 5.82 Å². The number of rotatable bonds is 3. The molecule has 6 nitrogen and oxygen atoms in total. The molecule has 3 N–H and O–H groups in total. The van der Waals surface area contributed by atoms with E-state index in [4.69, 9.17) is 0 Å². The average molecular weight is 295 g/mol. The van der Waals surface area contributed by atoms with Gasteiger partial charge in [-0.1, -0.05) is 18.2 Å². The number of para-hydroxylation sites is 1. The summed E-state index contributed by atoms with van der Waals surface area (Å²) < 4.78 is 1.70. The van der Waals surface area contributed by atoms with E-state index >= 15 is 0 Å². The molecule has 6 heteroatoms. The molecule has 0 saturated carbocycles. The highest BCUT2D eigenvalue weighted by atomic mass is 16.3. The van der Waals surface area contributed by atoms with Crippen LogP contribution in [0.3, 0.4) is 0 Å². The number of benzene rings is 2. The van der Waals surface area contributed by atoms with Gasteiger partial charge in [-0.3, -0.25) is 4.57 Å². The summed E-state index contributed by atoms with van der Waals surface area (Å²) in [5.41, 5.74) is 1.04. The number of phenolic OH excluding ortho intramolecular Hbond substituents is 2. The van der Waals surface area contributed by atoms with E-state index < -0.39 is 0 Å². The number of phenols is 2. The van der Waals surface area contributed by atoms with Crippen LogP contribution >= 0.6 is 0 Å². The van der Waals surface area contributed by atoms with Crippen molar-refractivity contribution in [2.24, 2.45) is 0 Å². The summed E-state index contributed by atoms with van der Waals surface area (Å²) in [6, 6.07) is 13.4. The highest BCUT2D eigenvalue weighted by Crippen LogP contribution is 2.28. The Morgan fingerprint density at radius 1 is 1.05 bits per heavy atom. The summed E-state index contributed by atoms with van der Waals surface area (Å²) >= 11 is 0. The van der Waals surface area contributed by atoms with E-state index in [1.165, 1.54) is 24.5 Å². The van der Waals surface area contributed by atoms with E-state index in [9.17, 15) is 15.3 Å². The molecule has 3 aromatic rings. The minimum absolute atomic E-state index is 0.0819. The first-order chi connectivity index (χ1) is 10.6. The SMILES string of the molecule is OC(=Cc1nncn1-c1ccccc1)c1ccc(O)cc1O. The number of hydrogen-bond donors (Lipinski definition) is 3. The van der Waals surface area contributed by atoms with Gasteiger partial charge in [0.05, 0.1) is 5.56 Å². The third kappa shape index (κ3) is 2.62. The monoisotopic (exact) mass is 295 g/mol. The lowest BCUT2D eigenvalue weighted by Crippen LogP contribution is -1.96. The summed E-state index contributed by atoms with van der Waals surface area (Å²) in [5.74, 6) is -0.0696. The van der Waals surface area contributed by atoms with Crippen LogP contribution in [0.2, 0.25) is 0 Å². The van der Waals surface area contributed by atoms with Crippen LogP contribution in [0.4, 0.5) is 0 Å². The van der Waals surface area contributed by atoms with Crippen molar-refractivity contribution in [2.45, 2.75) is 0 Å². The Labute approximate surface area is 126 Å². The first-order valence-corrected chi connectivity index (χ1v) is 6.53. The van der Waals surface area contributed by atoms with Gasteiger partial charge in [0.25, 0.3) is 0 Å². The van der Waals surface area contributed by atoms with Crippen molar-refractivity contribution >= 4 is 11.8 Å². The van der Waals surface area contributed by atoms with Crippen LogP contribution in [0.25, 0.3) is 17.5 Å². The Kier molecular flexibility index (Phi) is 3.49. The predicted molar refractivity (Wildman–Crippen MR) is 81.6 cm³/mol. The zero-order valence-corrected chi connectivity index (χ0v) is 11.5. The van der Waals surface area contributed by atoms with Crippen LogP contribution in [0.1, 0.15) is 11.4 Å². The van der Waals surface area contributed by atoms with Gasteiger partial charge in [0.1, 0.15) is 23.6 Å². The summed E-state index contributed by atoms with van der Waals surface area (Å²) in [6.45, 7) is 0. The van der Waals surface area contributed by atoms with Crippen LogP contribution in [0, 0.1) is 0 Å². The summed E-state index contributed by atoms with van der Waals surface area (Å²) in [7, 11) is 0. The van der Waals surface area contributed by atoms with Crippen molar-refractivity contribution in [3.63, 3.8) is 0 Å². The molecule has 0 radical (unpaired) electrons. The highest BCUT2D eigenvalue weighted by Gasteiger charge is 2.10. The Morgan fingerprint density at radius 2 is 1.82 bits per heavy atom. The van der Waals surface area contributed by atoms with E-state index in [0.29, 0.717) is 5.82 Å². The lowest BCUT2D eigenvalue weighted by molar-refractivity contribution is 0.443. The largest absolute Gasteiger partial charge is 0.508 e. The first kappa shape index (κ1) is 13.7. The number of nitrogens with zero attached hydrogens (tertiary/aromatic N) is 3. The molecule has 1 heterocycles. The van der Waals surface area contributed by atoms with Crippen molar-refractivity contribution in [3.8, 4) is 17.2 Å². The van der Waals surface area contributed by atoms with Crippen molar-refractivity contribution in [1.82, 2.24) is 14.8 Å². The summed E-state index contributed by atoms with van der Waals surface area (Å²) in [6.07, 6.45) is 2.93. The molecular weight excluding hydrogens is 282 g/mol. The Hall–Kier alpha value is -3.28. The molecule has 2 aromatic carbocycles. The Bertz CT molecular complexity index is 826. The molecule has 0 amide bonds. The van der Waals surface area contributed by atoms with E-state index in [-0.39, 0.29) is 22.8 Å². The number of hydrogen-bond acceptors (Lipinski definition) is 5. The van der Waals surface area contributed by atoms with Crippen molar-refractivity contribution in [2.75, 3.05) is 0 Å². The Balaban J connectivity index is 2.01. The molecule has 0 unspecified atom stereocenters.